The van der Waals surface area contributed by atoms with Crippen molar-refractivity contribution in [3.8, 4) is 5.75 Å². The molecule has 0 aliphatic heterocycles. The fourth-order valence-corrected chi connectivity index (χ4v) is 1.41. The number of hydrogen-bond acceptors (Lipinski definition) is 4. The topological polar surface area (TPSA) is 64.6 Å². The number of hydrogen-bond donors (Lipinski definition) is 1. The molecule has 1 rings (SSSR count). The van der Waals surface area contributed by atoms with E-state index < -0.39 is 30.1 Å². The zero-order chi connectivity index (χ0) is 15.8. The lowest BCUT2D eigenvalue weighted by Gasteiger charge is -2.09. The van der Waals surface area contributed by atoms with Crippen molar-refractivity contribution < 1.29 is 27.8 Å². The highest BCUT2D eigenvalue weighted by Gasteiger charge is 2.09. The molecule has 1 N–H and O–H groups in total. The van der Waals surface area contributed by atoms with Crippen molar-refractivity contribution >= 4 is 11.9 Å². The molecule has 0 heterocycles. The first-order valence-corrected chi connectivity index (χ1v) is 6.42. The number of amides is 1. The van der Waals surface area contributed by atoms with Crippen molar-refractivity contribution in [1.82, 2.24) is 5.32 Å². The van der Waals surface area contributed by atoms with Crippen LogP contribution >= 0.6 is 0 Å². The summed E-state index contributed by atoms with van der Waals surface area (Å²) in [6, 6.07) is 2.78. The lowest BCUT2D eigenvalue weighted by Crippen LogP contribution is -2.31. The first kappa shape index (κ1) is 16.9. The smallest absolute Gasteiger partial charge is 0.307 e. The Bertz CT molecular complexity index is 506. The molecular formula is C14H17F2NO4. The number of carbonyl (C=O) groups is 2. The minimum atomic E-state index is -0.886. The molecule has 0 unspecified atom stereocenters. The van der Waals surface area contributed by atoms with Crippen LogP contribution in [0.2, 0.25) is 0 Å². The number of carbonyl (C=O) groups excluding carboxylic acids is 2. The summed E-state index contributed by atoms with van der Waals surface area (Å²) in [7, 11) is 0. The molecule has 0 radical (unpaired) electrons. The van der Waals surface area contributed by atoms with E-state index in [0.717, 1.165) is 12.1 Å². The quantitative estimate of drug-likeness (QED) is 0.780. The molecule has 1 aromatic rings. The van der Waals surface area contributed by atoms with E-state index in [1.807, 2.05) is 0 Å². The van der Waals surface area contributed by atoms with Gasteiger partial charge in [0.2, 0.25) is 0 Å². The zero-order valence-electron chi connectivity index (χ0n) is 11.8. The first-order chi connectivity index (χ1) is 9.88. The van der Waals surface area contributed by atoms with Crippen LogP contribution in [0.1, 0.15) is 20.3 Å². The van der Waals surface area contributed by atoms with Crippen molar-refractivity contribution in [1.29, 1.82) is 0 Å². The van der Waals surface area contributed by atoms with Gasteiger partial charge in [-0.05, 0) is 26.0 Å². The highest BCUT2D eigenvalue weighted by molar-refractivity contribution is 5.78. The number of esters is 1. The molecule has 21 heavy (non-hydrogen) atoms. The van der Waals surface area contributed by atoms with Gasteiger partial charge in [0.25, 0.3) is 5.91 Å². The van der Waals surface area contributed by atoms with E-state index in [1.165, 1.54) is 0 Å². The fourth-order valence-electron chi connectivity index (χ4n) is 1.41. The van der Waals surface area contributed by atoms with Gasteiger partial charge in [0.15, 0.2) is 18.2 Å². The molecular weight excluding hydrogens is 284 g/mol. The second kappa shape index (κ2) is 8.18. The van der Waals surface area contributed by atoms with Crippen LogP contribution < -0.4 is 10.1 Å². The Morgan fingerprint density at radius 3 is 2.62 bits per heavy atom. The number of rotatable bonds is 7. The maximum atomic E-state index is 13.2. The third-order valence-electron chi connectivity index (χ3n) is 2.27. The molecule has 1 aromatic carbocycles. The number of nitrogens with one attached hydrogen (secondary N) is 1. The van der Waals surface area contributed by atoms with E-state index in [9.17, 15) is 18.4 Å². The van der Waals surface area contributed by atoms with Crippen LogP contribution in [0.25, 0.3) is 0 Å². The van der Waals surface area contributed by atoms with Gasteiger partial charge >= 0.3 is 5.97 Å². The number of halogens is 2. The van der Waals surface area contributed by atoms with Gasteiger partial charge in [-0.1, -0.05) is 0 Å². The van der Waals surface area contributed by atoms with Crippen LogP contribution in [0.3, 0.4) is 0 Å². The zero-order valence-corrected chi connectivity index (χ0v) is 11.8. The predicted molar refractivity (Wildman–Crippen MR) is 70.7 cm³/mol. The molecule has 7 heteroatoms. The van der Waals surface area contributed by atoms with Crippen LogP contribution in [0.4, 0.5) is 8.78 Å². The molecule has 0 bridgehead atoms. The van der Waals surface area contributed by atoms with Gasteiger partial charge in [-0.15, -0.1) is 0 Å². The van der Waals surface area contributed by atoms with E-state index in [0.29, 0.717) is 6.07 Å². The normalized spacial score (nSPS) is 10.3. The van der Waals surface area contributed by atoms with E-state index >= 15 is 0 Å². The Balaban J connectivity index is 2.27. The monoisotopic (exact) mass is 301 g/mol. The summed E-state index contributed by atoms with van der Waals surface area (Å²) >= 11 is 0. The molecule has 0 spiro atoms. The van der Waals surface area contributed by atoms with Gasteiger partial charge in [-0.25, -0.2) is 8.78 Å². The number of benzene rings is 1. The Hall–Kier alpha value is -2.18. The largest absolute Gasteiger partial charge is 0.481 e. The highest BCUT2D eigenvalue weighted by Crippen LogP contribution is 2.17. The van der Waals surface area contributed by atoms with Crippen LogP contribution in [0.5, 0.6) is 5.75 Å². The van der Waals surface area contributed by atoms with Gasteiger partial charge < -0.3 is 14.8 Å². The van der Waals surface area contributed by atoms with Crippen LogP contribution in [0, 0.1) is 11.6 Å². The standard InChI is InChI=1S/C14H17F2NO4/c1-9(2)21-14(19)5-6-17-13(18)8-20-12-4-3-10(15)7-11(12)16/h3-4,7,9H,5-6,8H2,1-2H3,(H,17,18). The van der Waals surface area contributed by atoms with Crippen molar-refractivity contribution in [2.45, 2.75) is 26.4 Å². The molecule has 0 saturated carbocycles. The van der Waals surface area contributed by atoms with Gasteiger partial charge in [0.05, 0.1) is 12.5 Å². The Morgan fingerprint density at radius 2 is 2.00 bits per heavy atom. The minimum Gasteiger partial charge on any atom is -0.481 e. The van der Waals surface area contributed by atoms with Crippen LogP contribution in [-0.2, 0) is 14.3 Å². The highest BCUT2D eigenvalue weighted by atomic mass is 19.1. The summed E-state index contributed by atoms with van der Waals surface area (Å²) in [6.45, 7) is 3.12. The molecule has 0 atom stereocenters. The van der Waals surface area contributed by atoms with Crippen molar-refractivity contribution in [2.75, 3.05) is 13.2 Å². The van der Waals surface area contributed by atoms with Crippen molar-refractivity contribution in [3.05, 3.63) is 29.8 Å². The lowest BCUT2D eigenvalue weighted by atomic mass is 10.3. The van der Waals surface area contributed by atoms with Gasteiger partial charge in [0, 0.05) is 12.6 Å². The van der Waals surface area contributed by atoms with E-state index in [-0.39, 0.29) is 24.8 Å². The third-order valence-corrected chi connectivity index (χ3v) is 2.27. The second-order valence-electron chi connectivity index (χ2n) is 4.50. The van der Waals surface area contributed by atoms with Gasteiger partial charge in [-0.3, -0.25) is 9.59 Å². The van der Waals surface area contributed by atoms with Crippen LogP contribution in [-0.4, -0.2) is 31.1 Å². The summed E-state index contributed by atoms with van der Waals surface area (Å²) in [5, 5.41) is 2.43. The van der Waals surface area contributed by atoms with Crippen molar-refractivity contribution in [2.24, 2.45) is 0 Å². The van der Waals surface area contributed by atoms with Crippen LogP contribution in [0.15, 0.2) is 18.2 Å². The summed E-state index contributed by atoms with van der Waals surface area (Å²) in [6.07, 6.45) is -0.174. The fraction of sp³-hybridized carbons (Fsp3) is 0.429. The molecule has 0 aromatic heterocycles. The summed E-state index contributed by atoms with van der Waals surface area (Å²) in [4.78, 5) is 22.6. The lowest BCUT2D eigenvalue weighted by molar-refractivity contribution is -0.147. The molecule has 1 amide bonds. The van der Waals surface area contributed by atoms with Crippen molar-refractivity contribution in [3.63, 3.8) is 0 Å². The minimum absolute atomic E-state index is 0.0365. The predicted octanol–water partition coefficient (Wildman–Crippen LogP) is 1.80. The summed E-state index contributed by atoms with van der Waals surface area (Å²) in [5.41, 5.74) is 0. The third kappa shape index (κ3) is 6.69. The summed E-state index contributed by atoms with van der Waals surface area (Å²) < 4.78 is 35.7. The second-order valence-corrected chi connectivity index (χ2v) is 4.50. The maximum absolute atomic E-state index is 13.2. The SMILES string of the molecule is CC(C)OC(=O)CCNC(=O)COc1ccc(F)cc1F. The maximum Gasteiger partial charge on any atom is 0.307 e. The average Bonchev–Trinajstić information content (AvgIpc) is 2.36. The van der Waals surface area contributed by atoms with E-state index in [1.54, 1.807) is 13.8 Å². The number of ether oxygens (including phenoxy) is 2. The summed E-state index contributed by atoms with van der Waals surface area (Å²) in [5.74, 6) is -2.77. The molecule has 0 aliphatic rings. The molecule has 0 aliphatic carbocycles. The molecule has 5 nitrogen and oxygen atoms in total. The average molecular weight is 301 g/mol. The van der Waals surface area contributed by atoms with Gasteiger partial charge in [-0.2, -0.15) is 0 Å². The Morgan fingerprint density at radius 1 is 1.29 bits per heavy atom. The molecule has 0 fully saturated rings. The molecule has 0 saturated heterocycles. The molecule has 116 valence electrons. The van der Waals surface area contributed by atoms with Gasteiger partial charge in [0.1, 0.15) is 5.82 Å². The Kier molecular flexibility index (Phi) is 6.58. The van der Waals surface area contributed by atoms with E-state index in [2.05, 4.69) is 5.32 Å². The van der Waals surface area contributed by atoms with E-state index in [4.69, 9.17) is 9.47 Å². The Labute approximate surface area is 121 Å². The first-order valence-electron chi connectivity index (χ1n) is 6.42.